The molecule has 0 aliphatic heterocycles. The highest BCUT2D eigenvalue weighted by atomic mass is 15.2. The second-order valence-corrected chi connectivity index (χ2v) is 6.67. The van der Waals surface area contributed by atoms with Crippen LogP contribution in [0.3, 0.4) is 0 Å². The van der Waals surface area contributed by atoms with Crippen LogP contribution in [0.1, 0.15) is 45.9 Å². The third-order valence-electron chi connectivity index (χ3n) is 3.15. The van der Waals surface area contributed by atoms with Crippen molar-refractivity contribution in [1.82, 2.24) is 10.3 Å². The Morgan fingerprint density at radius 1 is 1.35 bits per heavy atom. The van der Waals surface area contributed by atoms with Gasteiger partial charge in [-0.3, -0.25) is 0 Å². The number of pyridine rings is 1. The standard InChI is InChI=1S/C17H29N3/c1-8-9-20(7)16-11-14(12-18-13(2)3)10-15(19-16)17(4,5)6/h8,10-11,13,18H,1,9,12H2,2-7H3. The molecule has 3 heteroatoms. The summed E-state index contributed by atoms with van der Waals surface area (Å²) in [6.07, 6.45) is 1.90. The molecule has 0 spiro atoms. The summed E-state index contributed by atoms with van der Waals surface area (Å²) in [6.45, 7) is 16.4. The number of nitrogens with zero attached hydrogens (tertiary/aromatic N) is 2. The molecule has 0 atom stereocenters. The Morgan fingerprint density at radius 3 is 2.50 bits per heavy atom. The van der Waals surface area contributed by atoms with E-state index in [1.54, 1.807) is 0 Å². The minimum absolute atomic E-state index is 0.0532. The van der Waals surface area contributed by atoms with Gasteiger partial charge in [0.1, 0.15) is 5.82 Å². The van der Waals surface area contributed by atoms with Crippen LogP contribution in [0.2, 0.25) is 0 Å². The average Bonchev–Trinajstić information content (AvgIpc) is 2.35. The fourth-order valence-electron chi connectivity index (χ4n) is 1.86. The Kier molecular flexibility index (Phi) is 5.75. The third kappa shape index (κ3) is 4.97. The van der Waals surface area contributed by atoms with Crippen molar-refractivity contribution in [3.05, 3.63) is 36.0 Å². The van der Waals surface area contributed by atoms with E-state index < -0.39 is 0 Å². The average molecular weight is 275 g/mol. The topological polar surface area (TPSA) is 28.2 Å². The molecule has 20 heavy (non-hydrogen) atoms. The molecule has 0 radical (unpaired) electrons. The molecular formula is C17H29N3. The second-order valence-electron chi connectivity index (χ2n) is 6.67. The summed E-state index contributed by atoms with van der Waals surface area (Å²) in [6, 6.07) is 4.85. The Bertz CT molecular complexity index is 444. The zero-order chi connectivity index (χ0) is 15.3. The lowest BCUT2D eigenvalue weighted by atomic mass is 9.90. The van der Waals surface area contributed by atoms with Crippen LogP contribution in [0.4, 0.5) is 5.82 Å². The summed E-state index contributed by atoms with van der Waals surface area (Å²) in [5.41, 5.74) is 2.47. The lowest BCUT2D eigenvalue weighted by Crippen LogP contribution is -2.25. The molecule has 1 aromatic rings. The van der Waals surface area contributed by atoms with Crippen LogP contribution in [-0.2, 0) is 12.0 Å². The minimum Gasteiger partial charge on any atom is -0.356 e. The van der Waals surface area contributed by atoms with E-state index in [2.05, 4.69) is 70.6 Å². The molecule has 3 nitrogen and oxygen atoms in total. The number of anilines is 1. The van der Waals surface area contributed by atoms with E-state index in [9.17, 15) is 0 Å². The molecule has 0 saturated carbocycles. The number of aromatic nitrogens is 1. The van der Waals surface area contributed by atoms with Crippen LogP contribution in [0, 0.1) is 0 Å². The van der Waals surface area contributed by atoms with Crippen molar-refractivity contribution in [3.8, 4) is 0 Å². The molecule has 1 heterocycles. The molecule has 112 valence electrons. The Labute approximate surface area is 124 Å². The molecule has 1 rings (SSSR count). The van der Waals surface area contributed by atoms with Gasteiger partial charge in [0, 0.05) is 37.3 Å². The summed E-state index contributed by atoms with van der Waals surface area (Å²) in [5.74, 6) is 1.01. The first-order valence-corrected chi connectivity index (χ1v) is 7.31. The lowest BCUT2D eigenvalue weighted by Gasteiger charge is -2.24. The molecule has 0 aliphatic rings. The summed E-state index contributed by atoms with van der Waals surface area (Å²) in [4.78, 5) is 6.93. The molecule has 0 fully saturated rings. The lowest BCUT2D eigenvalue weighted by molar-refractivity contribution is 0.560. The summed E-state index contributed by atoms with van der Waals surface area (Å²) >= 11 is 0. The van der Waals surface area contributed by atoms with Gasteiger partial charge in [0.15, 0.2) is 0 Å². The van der Waals surface area contributed by atoms with E-state index in [-0.39, 0.29) is 5.41 Å². The van der Waals surface area contributed by atoms with Gasteiger partial charge in [0.2, 0.25) is 0 Å². The van der Waals surface area contributed by atoms with Gasteiger partial charge in [0.25, 0.3) is 0 Å². The fraction of sp³-hybridized carbons (Fsp3) is 0.588. The molecule has 1 N–H and O–H groups in total. The van der Waals surface area contributed by atoms with E-state index in [1.165, 1.54) is 5.56 Å². The highest BCUT2D eigenvalue weighted by molar-refractivity contribution is 5.43. The highest BCUT2D eigenvalue weighted by Gasteiger charge is 2.18. The van der Waals surface area contributed by atoms with Crippen molar-refractivity contribution in [2.75, 3.05) is 18.5 Å². The molecule has 0 amide bonds. The predicted molar refractivity (Wildman–Crippen MR) is 88.4 cm³/mol. The van der Waals surface area contributed by atoms with Gasteiger partial charge in [-0.25, -0.2) is 4.98 Å². The second kappa shape index (κ2) is 6.89. The van der Waals surface area contributed by atoms with Gasteiger partial charge >= 0.3 is 0 Å². The fourth-order valence-corrected chi connectivity index (χ4v) is 1.86. The van der Waals surface area contributed by atoms with E-state index >= 15 is 0 Å². The number of hydrogen-bond donors (Lipinski definition) is 1. The zero-order valence-electron chi connectivity index (χ0n) is 13.8. The Balaban J connectivity index is 3.10. The highest BCUT2D eigenvalue weighted by Crippen LogP contribution is 2.24. The number of likely N-dealkylation sites (N-methyl/N-ethyl adjacent to an activating group) is 1. The van der Waals surface area contributed by atoms with Gasteiger partial charge < -0.3 is 10.2 Å². The molecular weight excluding hydrogens is 246 g/mol. The molecule has 0 aliphatic carbocycles. The van der Waals surface area contributed by atoms with Gasteiger partial charge in [-0.05, 0) is 17.7 Å². The maximum atomic E-state index is 4.80. The van der Waals surface area contributed by atoms with Crippen LogP contribution in [0.15, 0.2) is 24.8 Å². The maximum absolute atomic E-state index is 4.80. The van der Waals surface area contributed by atoms with Crippen molar-refractivity contribution in [3.63, 3.8) is 0 Å². The number of hydrogen-bond acceptors (Lipinski definition) is 3. The monoisotopic (exact) mass is 275 g/mol. The third-order valence-corrected chi connectivity index (χ3v) is 3.15. The number of rotatable bonds is 6. The van der Waals surface area contributed by atoms with Crippen LogP contribution in [-0.4, -0.2) is 24.6 Å². The molecule has 1 aromatic heterocycles. The van der Waals surface area contributed by atoms with E-state index in [1.807, 2.05) is 6.08 Å². The van der Waals surface area contributed by atoms with Gasteiger partial charge in [-0.15, -0.1) is 6.58 Å². The Hall–Kier alpha value is -1.35. The quantitative estimate of drug-likeness (QED) is 0.805. The summed E-state index contributed by atoms with van der Waals surface area (Å²) < 4.78 is 0. The van der Waals surface area contributed by atoms with Crippen LogP contribution >= 0.6 is 0 Å². The largest absolute Gasteiger partial charge is 0.356 e. The van der Waals surface area contributed by atoms with Crippen molar-refractivity contribution in [1.29, 1.82) is 0 Å². The van der Waals surface area contributed by atoms with Crippen LogP contribution < -0.4 is 10.2 Å². The van der Waals surface area contributed by atoms with Gasteiger partial charge in [0.05, 0.1) is 0 Å². The van der Waals surface area contributed by atoms with E-state index in [0.717, 1.165) is 24.6 Å². The van der Waals surface area contributed by atoms with Crippen molar-refractivity contribution < 1.29 is 0 Å². The van der Waals surface area contributed by atoms with Crippen LogP contribution in [0.5, 0.6) is 0 Å². The van der Waals surface area contributed by atoms with Crippen molar-refractivity contribution in [2.45, 2.75) is 52.6 Å². The van der Waals surface area contributed by atoms with Crippen molar-refractivity contribution in [2.24, 2.45) is 0 Å². The van der Waals surface area contributed by atoms with E-state index in [4.69, 9.17) is 4.98 Å². The van der Waals surface area contributed by atoms with E-state index in [0.29, 0.717) is 6.04 Å². The number of nitrogens with one attached hydrogen (secondary N) is 1. The van der Waals surface area contributed by atoms with Gasteiger partial charge in [-0.2, -0.15) is 0 Å². The van der Waals surface area contributed by atoms with Gasteiger partial charge in [-0.1, -0.05) is 40.7 Å². The molecule has 0 aromatic carbocycles. The molecule has 0 saturated heterocycles. The molecule has 0 bridgehead atoms. The normalized spacial score (nSPS) is 11.8. The van der Waals surface area contributed by atoms with Crippen molar-refractivity contribution >= 4 is 5.82 Å². The first-order chi connectivity index (χ1) is 9.24. The summed E-state index contributed by atoms with van der Waals surface area (Å²) in [5, 5.41) is 3.47. The predicted octanol–water partition coefficient (Wildman–Crippen LogP) is 3.50. The SMILES string of the molecule is C=CCN(C)c1cc(CNC(C)C)cc(C(C)(C)C)n1. The molecule has 0 unspecified atom stereocenters. The minimum atomic E-state index is 0.0532. The first-order valence-electron chi connectivity index (χ1n) is 7.31. The summed E-state index contributed by atoms with van der Waals surface area (Å²) in [7, 11) is 2.05. The Morgan fingerprint density at radius 2 is 2.00 bits per heavy atom. The first kappa shape index (κ1) is 16.7. The maximum Gasteiger partial charge on any atom is 0.129 e. The zero-order valence-corrected chi connectivity index (χ0v) is 13.8. The smallest absolute Gasteiger partial charge is 0.129 e. The van der Waals surface area contributed by atoms with Crippen LogP contribution in [0.25, 0.3) is 0 Å².